The second kappa shape index (κ2) is 8.75. The van der Waals surface area contributed by atoms with Crippen LogP contribution in [-0.4, -0.2) is 35.7 Å². The Hall–Kier alpha value is -3.80. The van der Waals surface area contributed by atoms with Crippen LogP contribution in [0.2, 0.25) is 0 Å². The van der Waals surface area contributed by atoms with Crippen LogP contribution in [0.1, 0.15) is 12.8 Å². The number of rotatable bonds is 5. The zero-order valence-electron chi connectivity index (χ0n) is 18.1. The van der Waals surface area contributed by atoms with Crippen LogP contribution in [0.3, 0.4) is 0 Å². The third-order valence-electron chi connectivity index (χ3n) is 6.07. The van der Waals surface area contributed by atoms with E-state index in [1.54, 1.807) is 7.11 Å². The van der Waals surface area contributed by atoms with E-state index in [1.165, 1.54) is 0 Å². The molecule has 2 aromatic carbocycles. The van der Waals surface area contributed by atoms with Gasteiger partial charge in [0.05, 0.1) is 18.5 Å². The molecule has 162 valence electrons. The number of pyridine rings is 1. The summed E-state index contributed by atoms with van der Waals surface area (Å²) in [6.45, 7) is 1.60. The highest BCUT2D eigenvalue weighted by molar-refractivity contribution is 5.95. The highest BCUT2D eigenvalue weighted by Crippen LogP contribution is 2.32. The zero-order chi connectivity index (χ0) is 21.9. The number of piperidine rings is 1. The summed E-state index contributed by atoms with van der Waals surface area (Å²) in [7, 11) is 1.67. The number of carbonyl (C=O) groups is 1. The Kier molecular flexibility index (Phi) is 5.50. The number of carbonyl (C=O) groups excluding carboxylic acids is 1. The molecule has 1 N–H and O–H groups in total. The van der Waals surface area contributed by atoms with Crippen molar-refractivity contribution in [2.75, 3.05) is 30.4 Å². The molecule has 2 aromatic heterocycles. The summed E-state index contributed by atoms with van der Waals surface area (Å²) < 4.78 is 7.44. The first kappa shape index (κ1) is 20.1. The summed E-state index contributed by atoms with van der Waals surface area (Å²) in [5, 5.41) is 4.18. The van der Waals surface area contributed by atoms with Crippen LogP contribution in [0.5, 0.6) is 5.75 Å². The van der Waals surface area contributed by atoms with Crippen LogP contribution in [0.25, 0.3) is 16.6 Å². The highest BCUT2D eigenvalue weighted by atomic mass is 16.5. The Morgan fingerprint density at radius 1 is 1.09 bits per heavy atom. The van der Waals surface area contributed by atoms with Gasteiger partial charge in [-0.2, -0.15) is 0 Å². The van der Waals surface area contributed by atoms with Crippen LogP contribution >= 0.6 is 0 Å². The molecular formula is C26H26N4O2. The van der Waals surface area contributed by atoms with Gasteiger partial charge in [-0.3, -0.25) is 9.78 Å². The van der Waals surface area contributed by atoms with Gasteiger partial charge in [-0.25, -0.2) is 0 Å². The Balaban J connectivity index is 1.34. The molecule has 1 saturated heterocycles. The Labute approximate surface area is 187 Å². The van der Waals surface area contributed by atoms with Crippen molar-refractivity contribution in [1.29, 1.82) is 0 Å². The molecule has 1 fully saturated rings. The van der Waals surface area contributed by atoms with Gasteiger partial charge in [-0.05, 0) is 67.4 Å². The van der Waals surface area contributed by atoms with E-state index >= 15 is 0 Å². The lowest BCUT2D eigenvalue weighted by Crippen LogP contribution is -2.40. The second-order valence-electron chi connectivity index (χ2n) is 8.13. The van der Waals surface area contributed by atoms with Gasteiger partial charge in [-0.15, -0.1) is 0 Å². The fourth-order valence-electron chi connectivity index (χ4n) is 4.42. The molecule has 0 saturated carbocycles. The van der Waals surface area contributed by atoms with Gasteiger partial charge in [0.25, 0.3) is 0 Å². The Morgan fingerprint density at radius 3 is 2.81 bits per heavy atom. The van der Waals surface area contributed by atoms with Crippen molar-refractivity contribution in [2.45, 2.75) is 12.8 Å². The van der Waals surface area contributed by atoms with E-state index in [0.29, 0.717) is 6.54 Å². The average Bonchev–Trinajstić information content (AvgIpc) is 3.39. The summed E-state index contributed by atoms with van der Waals surface area (Å²) in [4.78, 5) is 19.9. The molecular weight excluding hydrogens is 400 g/mol. The van der Waals surface area contributed by atoms with Crippen LogP contribution in [0.15, 0.2) is 79.3 Å². The first-order valence-corrected chi connectivity index (χ1v) is 10.9. The third-order valence-corrected chi connectivity index (χ3v) is 6.07. The van der Waals surface area contributed by atoms with Crippen LogP contribution in [0, 0.1) is 5.92 Å². The highest BCUT2D eigenvalue weighted by Gasteiger charge is 2.27. The van der Waals surface area contributed by atoms with Crippen LogP contribution in [0.4, 0.5) is 11.4 Å². The van der Waals surface area contributed by atoms with Crippen molar-refractivity contribution in [3.8, 4) is 11.4 Å². The average molecular weight is 427 g/mol. The molecule has 1 aliphatic rings. The largest absolute Gasteiger partial charge is 0.497 e. The number of anilines is 2. The smallest absolute Gasteiger partial charge is 0.229 e. The van der Waals surface area contributed by atoms with E-state index in [2.05, 4.69) is 15.2 Å². The van der Waals surface area contributed by atoms with E-state index in [0.717, 1.165) is 53.1 Å². The minimum Gasteiger partial charge on any atom is -0.497 e. The topological polar surface area (TPSA) is 59.4 Å². The van der Waals surface area contributed by atoms with E-state index in [4.69, 9.17) is 4.74 Å². The number of amides is 1. The van der Waals surface area contributed by atoms with Gasteiger partial charge < -0.3 is 19.5 Å². The van der Waals surface area contributed by atoms with Crippen LogP contribution < -0.4 is 15.0 Å². The molecule has 1 amide bonds. The number of fused-ring (bicyclic) bond motifs is 1. The fourth-order valence-corrected chi connectivity index (χ4v) is 4.42. The van der Waals surface area contributed by atoms with Gasteiger partial charge in [0.15, 0.2) is 0 Å². The molecule has 1 unspecified atom stereocenters. The lowest BCUT2D eigenvalue weighted by atomic mass is 9.96. The quantitative estimate of drug-likeness (QED) is 0.494. The minimum atomic E-state index is -0.0761. The predicted octanol–water partition coefficient (Wildman–Crippen LogP) is 4.89. The zero-order valence-corrected chi connectivity index (χ0v) is 18.1. The monoisotopic (exact) mass is 426 g/mol. The van der Waals surface area contributed by atoms with E-state index in [1.807, 2.05) is 83.8 Å². The normalized spacial score (nSPS) is 16.2. The van der Waals surface area contributed by atoms with Gasteiger partial charge >= 0.3 is 0 Å². The maximum Gasteiger partial charge on any atom is 0.229 e. The number of aromatic nitrogens is 2. The summed E-state index contributed by atoms with van der Waals surface area (Å²) >= 11 is 0. The number of benzene rings is 2. The summed E-state index contributed by atoms with van der Waals surface area (Å²) in [5.74, 6) is 0.795. The lowest BCUT2D eigenvalue weighted by Gasteiger charge is -2.34. The first-order valence-electron chi connectivity index (χ1n) is 10.9. The number of ether oxygens (including phenoxy) is 1. The second-order valence-corrected chi connectivity index (χ2v) is 8.13. The number of hydrogen-bond acceptors (Lipinski definition) is 4. The minimum absolute atomic E-state index is 0.0651. The molecule has 1 atom stereocenters. The van der Waals surface area contributed by atoms with Crippen molar-refractivity contribution in [3.05, 3.63) is 79.3 Å². The van der Waals surface area contributed by atoms with Gasteiger partial charge in [0.1, 0.15) is 5.75 Å². The van der Waals surface area contributed by atoms with Crippen molar-refractivity contribution >= 4 is 28.2 Å². The lowest BCUT2D eigenvalue weighted by molar-refractivity contribution is -0.120. The van der Waals surface area contributed by atoms with E-state index < -0.39 is 0 Å². The SMILES string of the molecule is COc1ccc2nccc(N3CCCC(C(=O)Nc4cccc(-n5cccc5)c4)C3)c2c1. The first-order chi connectivity index (χ1) is 15.7. The van der Waals surface area contributed by atoms with E-state index in [9.17, 15) is 4.79 Å². The van der Waals surface area contributed by atoms with Crippen molar-refractivity contribution in [1.82, 2.24) is 9.55 Å². The summed E-state index contributed by atoms with van der Waals surface area (Å²) in [5.41, 5.74) is 3.87. The van der Waals surface area contributed by atoms with Gasteiger partial charge in [0.2, 0.25) is 5.91 Å². The maximum atomic E-state index is 13.1. The molecule has 6 nitrogen and oxygen atoms in total. The van der Waals surface area contributed by atoms with Crippen molar-refractivity contribution < 1.29 is 9.53 Å². The van der Waals surface area contributed by atoms with Gasteiger partial charge in [0, 0.05) is 54.1 Å². The fraction of sp³-hybridized carbons (Fsp3) is 0.231. The summed E-state index contributed by atoms with van der Waals surface area (Å²) in [6.07, 6.45) is 7.67. The third kappa shape index (κ3) is 4.04. The Morgan fingerprint density at radius 2 is 1.97 bits per heavy atom. The van der Waals surface area contributed by atoms with Gasteiger partial charge in [-0.1, -0.05) is 6.07 Å². The predicted molar refractivity (Wildman–Crippen MR) is 128 cm³/mol. The standard InChI is InChI=1S/C26H26N4O2/c1-32-22-9-10-24-23(17-22)25(11-12-27-24)30-15-5-6-19(18-30)26(31)28-20-7-4-8-21(16-20)29-13-2-3-14-29/h2-4,7-14,16-17,19H,5-6,15,18H2,1H3,(H,28,31). The van der Waals surface area contributed by atoms with Crippen molar-refractivity contribution in [2.24, 2.45) is 5.92 Å². The van der Waals surface area contributed by atoms with E-state index in [-0.39, 0.29) is 11.8 Å². The maximum absolute atomic E-state index is 13.1. The molecule has 0 spiro atoms. The Bertz CT molecular complexity index is 1240. The number of hydrogen-bond donors (Lipinski definition) is 1. The van der Waals surface area contributed by atoms with Crippen molar-refractivity contribution in [3.63, 3.8) is 0 Å². The summed E-state index contributed by atoms with van der Waals surface area (Å²) in [6, 6.07) is 19.9. The molecule has 4 aromatic rings. The molecule has 0 aliphatic carbocycles. The molecule has 6 heteroatoms. The molecule has 3 heterocycles. The molecule has 1 aliphatic heterocycles. The molecule has 5 rings (SSSR count). The number of nitrogens with one attached hydrogen (secondary N) is 1. The molecule has 0 bridgehead atoms. The molecule has 32 heavy (non-hydrogen) atoms. The number of methoxy groups -OCH3 is 1. The van der Waals surface area contributed by atoms with Crippen LogP contribution in [-0.2, 0) is 4.79 Å². The number of nitrogens with zero attached hydrogens (tertiary/aromatic N) is 3. The molecule has 0 radical (unpaired) electrons.